The maximum absolute atomic E-state index is 12.8. The normalized spacial score (nSPS) is 16.2. The Hall–Kier alpha value is -1.80. The number of ether oxygens (including phenoxy) is 1. The molecule has 3 rings (SSSR count). The van der Waals surface area contributed by atoms with Crippen molar-refractivity contribution < 1.29 is 17.9 Å². The lowest BCUT2D eigenvalue weighted by Gasteiger charge is -2.25. The molecule has 29 heavy (non-hydrogen) atoms. The van der Waals surface area contributed by atoms with Crippen LogP contribution in [0.2, 0.25) is 10.0 Å². The second-order valence-electron chi connectivity index (χ2n) is 6.68. The fourth-order valence-corrected chi connectivity index (χ4v) is 5.08. The van der Waals surface area contributed by atoms with Gasteiger partial charge in [0.1, 0.15) is 12.4 Å². The summed E-state index contributed by atoms with van der Waals surface area (Å²) in [6.07, 6.45) is 0.469. The van der Waals surface area contributed by atoms with Gasteiger partial charge in [0.25, 0.3) is 0 Å². The van der Waals surface area contributed by atoms with Gasteiger partial charge in [0.2, 0.25) is 15.9 Å². The van der Waals surface area contributed by atoms with Crippen LogP contribution >= 0.6 is 23.2 Å². The zero-order valence-corrected chi connectivity index (χ0v) is 18.4. The van der Waals surface area contributed by atoms with E-state index in [9.17, 15) is 13.2 Å². The molecule has 1 aliphatic heterocycles. The minimum Gasteiger partial charge on any atom is -0.492 e. The van der Waals surface area contributed by atoms with Gasteiger partial charge >= 0.3 is 0 Å². The van der Waals surface area contributed by atoms with Crippen molar-refractivity contribution in [2.75, 3.05) is 25.0 Å². The average molecular weight is 457 g/mol. The molecule has 0 saturated heterocycles. The zero-order valence-electron chi connectivity index (χ0n) is 16.1. The minimum absolute atomic E-state index is 0.0814. The monoisotopic (exact) mass is 456 g/mol. The smallest absolute Gasteiger partial charge is 0.243 e. The number of halogens is 2. The van der Waals surface area contributed by atoms with Crippen LogP contribution in [-0.4, -0.2) is 38.3 Å². The van der Waals surface area contributed by atoms with Crippen LogP contribution in [0.1, 0.15) is 19.4 Å². The molecule has 6 nitrogen and oxygen atoms in total. The summed E-state index contributed by atoms with van der Waals surface area (Å²) < 4.78 is 32.5. The van der Waals surface area contributed by atoms with Crippen molar-refractivity contribution in [2.24, 2.45) is 5.92 Å². The van der Waals surface area contributed by atoms with Gasteiger partial charge in [-0.05, 0) is 48.4 Å². The Kier molecular flexibility index (Phi) is 6.73. The highest BCUT2D eigenvalue weighted by Gasteiger charge is 2.28. The number of hydrogen-bond donors (Lipinski definition) is 1. The third kappa shape index (κ3) is 4.69. The van der Waals surface area contributed by atoms with Crippen molar-refractivity contribution in [3.63, 3.8) is 0 Å². The van der Waals surface area contributed by atoms with E-state index in [-0.39, 0.29) is 28.1 Å². The predicted octanol–water partition coefficient (Wildman–Crippen LogP) is 4.21. The second kappa shape index (κ2) is 8.92. The molecule has 0 saturated carbocycles. The van der Waals surface area contributed by atoms with Gasteiger partial charge in [0.05, 0.1) is 21.5 Å². The lowest BCUT2D eigenvalue weighted by atomic mass is 9.96. The summed E-state index contributed by atoms with van der Waals surface area (Å²) >= 11 is 12.2. The van der Waals surface area contributed by atoms with Crippen molar-refractivity contribution >= 4 is 44.8 Å². The van der Waals surface area contributed by atoms with Crippen LogP contribution in [0, 0.1) is 5.92 Å². The largest absolute Gasteiger partial charge is 0.492 e. The molecule has 0 spiro atoms. The molecule has 0 bridgehead atoms. The Bertz CT molecular complexity index is 1020. The third-order valence-corrected chi connectivity index (χ3v) is 7.45. The molecule has 1 aliphatic rings. The average Bonchev–Trinajstić information content (AvgIpc) is 2.69. The summed E-state index contributed by atoms with van der Waals surface area (Å²) in [5, 5.41) is 3.58. The molecule has 0 aliphatic carbocycles. The summed E-state index contributed by atoms with van der Waals surface area (Å²) in [6, 6.07) is 9.60. The first-order valence-corrected chi connectivity index (χ1v) is 11.5. The summed E-state index contributed by atoms with van der Waals surface area (Å²) in [6.45, 7) is 4.46. The van der Waals surface area contributed by atoms with E-state index in [4.69, 9.17) is 27.9 Å². The molecule has 1 heterocycles. The molecule has 0 aromatic heterocycles. The maximum atomic E-state index is 12.8. The van der Waals surface area contributed by atoms with E-state index in [2.05, 4.69) is 5.32 Å². The van der Waals surface area contributed by atoms with Crippen molar-refractivity contribution in [3.05, 3.63) is 52.0 Å². The molecule has 2 aromatic rings. The fraction of sp³-hybridized carbons (Fsp3) is 0.350. The number of benzene rings is 2. The predicted molar refractivity (Wildman–Crippen MR) is 114 cm³/mol. The molecule has 2 aromatic carbocycles. The number of sulfonamides is 1. The van der Waals surface area contributed by atoms with Crippen LogP contribution in [0.3, 0.4) is 0 Å². The van der Waals surface area contributed by atoms with Gasteiger partial charge in [0.15, 0.2) is 0 Å². The van der Waals surface area contributed by atoms with Crippen LogP contribution in [0.15, 0.2) is 41.3 Å². The summed E-state index contributed by atoms with van der Waals surface area (Å²) in [5.74, 6) is -0.0289. The van der Waals surface area contributed by atoms with Crippen molar-refractivity contribution in [2.45, 2.75) is 25.2 Å². The Labute approximate surface area is 180 Å². The van der Waals surface area contributed by atoms with Crippen LogP contribution < -0.4 is 10.1 Å². The molecule has 1 amide bonds. The van der Waals surface area contributed by atoms with E-state index in [0.717, 1.165) is 5.56 Å². The van der Waals surface area contributed by atoms with E-state index >= 15 is 0 Å². The highest BCUT2D eigenvalue weighted by molar-refractivity contribution is 7.89. The third-order valence-electron chi connectivity index (χ3n) is 4.84. The number of nitrogens with one attached hydrogen (secondary N) is 1. The first kappa shape index (κ1) is 21.9. The minimum atomic E-state index is -3.66. The Balaban J connectivity index is 1.81. The summed E-state index contributed by atoms with van der Waals surface area (Å²) in [7, 11) is -3.66. The van der Waals surface area contributed by atoms with Gasteiger partial charge in [-0.25, -0.2) is 8.42 Å². The van der Waals surface area contributed by atoms with Crippen LogP contribution in [0.5, 0.6) is 5.75 Å². The van der Waals surface area contributed by atoms with E-state index in [1.807, 2.05) is 0 Å². The molecule has 0 fully saturated rings. The first-order chi connectivity index (χ1) is 13.8. The molecule has 1 atom stereocenters. The molecule has 1 unspecified atom stereocenters. The van der Waals surface area contributed by atoms with Crippen LogP contribution in [-0.2, 0) is 21.2 Å². The molecule has 156 valence electrons. The standard InChI is InChI=1S/C20H22Cl2N2O4S/c1-3-24(4-2)29(26,27)16-6-7-17(22)18(11-16)23-20(25)14-9-13-10-15(21)5-8-19(13)28-12-14/h5-8,10-11,14H,3-4,9,12H2,1-2H3,(H,23,25). The van der Waals surface area contributed by atoms with Gasteiger partial charge in [-0.2, -0.15) is 4.31 Å². The SMILES string of the molecule is CCN(CC)S(=O)(=O)c1ccc(Cl)c(NC(=O)C2COc3ccc(Cl)cc3C2)c1. The van der Waals surface area contributed by atoms with Gasteiger partial charge in [-0.15, -0.1) is 0 Å². The number of fused-ring (bicyclic) bond motifs is 1. The van der Waals surface area contributed by atoms with Crippen molar-refractivity contribution in [3.8, 4) is 5.75 Å². The van der Waals surface area contributed by atoms with E-state index in [1.54, 1.807) is 32.0 Å². The molecule has 0 radical (unpaired) electrons. The number of rotatable bonds is 6. The number of carbonyl (C=O) groups is 1. The van der Waals surface area contributed by atoms with Gasteiger partial charge < -0.3 is 10.1 Å². The second-order valence-corrected chi connectivity index (χ2v) is 9.47. The highest BCUT2D eigenvalue weighted by Crippen LogP contribution is 2.32. The van der Waals surface area contributed by atoms with Gasteiger partial charge in [-0.3, -0.25) is 4.79 Å². The van der Waals surface area contributed by atoms with Crippen molar-refractivity contribution in [1.82, 2.24) is 4.31 Å². The van der Waals surface area contributed by atoms with E-state index < -0.39 is 15.9 Å². The number of carbonyl (C=O) groups excluding carboxylic acids is 1. The highest BCUT2D eigenvalue weighted by atomic mass is 35.5. The molecular formula is C20H22Cl2N2O4S. The molecular weight excluding hydrogens is 435 g/mol. The lowest BCUT2D eigenvalue weighted by molar-refractivity contribution is -0.121. The van der Waals surface area contributed by atoms with Gasteiger partial charge in [-0.1, -0.05) is 37.0 Å². The Morgan fingerprint density at radius 2 is 1.90 bits per heavy atom. The number of nitrogens with zero attached hydrogens (tertiary/aromatic N) is 1. The topological polar surface area (TPSA) is 75.7 Å². The Morgan fingerprint density at radius 3 is 2.59 bits per heavy atom. The number of amides is 1. The number of anilines is 1. The van der Waals surface area contributed by atoms with E-state index in [0.29, 0.717) is 30.3 Å². The first-order valence-electron chi connectivity index (χ1n) is 9.28. The zero-order chi connectivity index (χ0) is 21.2. The van der Waals surface area contributed by atoms with Crippen LogP contribution in [0.4, 0.5) is 5.69 Å². The fourth-order valence-electron chi connectivity index (χ4n) is 3.24. The van der Waals surface area contributed by atoms with Gasteiger partial charge in [0, 0.05) is 18.1 Å². The lowest BCUT2D eigenvalue weighted by Crippen LogP contribution is -2.33. The number of hydrogen-bond acceptors (Lipinski definition) is 4. The van der Waals surface area contributed by atoms with Crippen molar-refractivity contribution in [1.29, 1.82) is 0 Å². The maximum Gasteiger partial charge on any atom is 0.243 e. The quantitative estimate of drug-likeness (QED) is 0.705. The molecule has 1 N–H and O–H groups in total. The van der Waals surface area contributed by atoms with E-state index in [1.165, 1.54) is 22.5 Å². The summed E-state index contributed by atoms with van der Waals surface area (Å²) in [4.78, 5) is 12.9. The Morgan fingerprint density at radius 1 is 1.17 bits per heavy atom. The molecule has 9 heteroatoms. The summed E-state index contributed by atoms with van der Waals surface area (Å²) in [5.41, 5.74) is 1.11. The van der Waals surface area contributed by atoms with Crippen LogP contribution in [0.25, 0.3) is 0 Å².